The van der Waals surface area contributed by atoms with E-state index in [9.17, 15) is 0 Å². The van der Waals surface area contributed by atoms with E-state index in [4.69, 9.17) is 4.74 Å². The lowest BCUT2D eigenvalue weighted by molar-refractivity contribution is 0.0923. The number of rotatable bonds is 2. The van der Waals surface area contributed by atoms with Crippen molar-refractivity contribution < 1.29 is 4.74 Å². The fourth-order valence-electron chi connectivity index (χ4n) is 2.41. The summed E-state index contributed by atoms with van der Waals surface area (Å²) in [5.74, 6) is 1.72. The third-order valence-electron chi connectivity index (χ3n) is 3.35. The Labute approximate surface area is 106 Å². The fraction of sp³-hybridized carbons (Fsp3) is 0.583. The number of hydrogen-bond acceptors (Lipinski definition) is 5. The monoisotopic (exact) mass is 247 g/mol. The summed E-state index contributed by atoms with van der Waals surface area (Å²) in [4.78, 5) is 10.9. The van der Waals surface area contributed by atoms with Gasteiger partial charge in [0, 0.05) is 18.3 Å². The molecule has 1 aliphatic rings. The maximum atomic E-state index is 5.55. The summed E-state index contributed by atoms with van der Waals surface area (Å²) in [5.41, 5.74) is 0.965. The van der Waals surface area contributed by atoms with Crippen LogP contribution in [0.3, 0.4) is 0 Å². The third kappa shape index (κ3) is 1.82. The molecule has 1 aliphatic heterocycles. The average molecular weight is 247 g/mol. The van der Waals surface area contributed by atoms with E-state index in [0.717, 1.165) is 37.7 Å². The molecule has 1 atom stereocenters. The zero-order chi connectivity index (χ0) is 12.5. The smallest absolute Gasteiger partial charge is 0.254 e. The van der Waals surface area contributed by atoms with Crippen molar-refractivity contribution in [2.45, 2.75) is 26.3 Å². The normalized spacial score (nSPS) is 20.6. The van der Waals surface area contributed by atoms with Crippen LogP contribution in [0.1, 0.15) is 19.0 Å². The highest BCUT2D eigenvalue weighted by Crippen LogP contribution is 2.21. The van der Waals surface area contributed by atoms with Crippen LogP contribution in [-0.4, -0.2) is 45.4 Å². The summed E-state index contributed by atoms with van der Waals surface area (Å²) in [5, 5.41) is 4.26. The molecule has 6 nitrogen and oxygen atoms in total. The van der Waals surface area contributed by atoms with Crippen molar-refractivity contribution in [2.24, 2.45) is 0 Å². The maximum absolute atomic E-state index is 5.55. The summed E-state index contributed by atoms with van der Waals surface area (Å²) < 4.78 is 7.35. The van der Waals surface area contributed by atoms with E-state index in [1.165, 1.54) is 0 Å². The van der Waals surface area contributed by atoms with E-state index in [-0.39, 0.29) is 0 Å². The second-order valence-corrected chi connectivity index (χ2v) is 4.56. The van der Waals surface area contributed by atoms with Gasteiger partial charge in [-0.05, 0) is 13.3 Å². The van der Waals surface area contributed by atoms with Crippen LogP contribution in [-0.2, 0) is 4.74 Å². The molecule has 0 amide bonds. The van der Waals surface area contributed by atoms with Crippen LogP contribution >= 0.6 is 0 Å². The van der Waals surface area contributed by atoms with Gasteiger partial charge < -0.3 is 9.64 Å². The Bertz CT molecular complexity index is 552. The second kappa shape index (κ2) is 4.53. The van der Waals surface area contributed by atoms with E-state index in [0.29, 0.717) is 11.8 Å². The SMILES string of the molecule is CCC1COCCN1c1cc(C)nc2ncnn12. The van der Waals surface area contributed by atoms with Crippen molar-refractivity contribution >= 4 is 11.6 Å². The first kappa shape index (κ1) is 11.4. The fourth-order valence-corrected chi connectivity index (χ4v) is 2.41. The molecule has 18 heavy (non-hydrogen) atoms. The minimum absolute atomic E-state index is 0.396. The minimum atomic E-state index is 0.396. The summed E-state index contributed by atoms with van der Waals surface area (Å²) in [7, 11) is 0. The molecule has 3 heterocycles. The van der Waals surface area contributed by atoms with Crippen LogP contribution in [0.25, 0.3) is 5.78 Å². The zero-order valence-electron chi connectivity index (χ0n) is 10.7. The maximum Gasteiger partial charge on any atom is 0.254 e. The highest BCUT2D eigenvalue weighted by molar-refractivity contribution is 5.48. The quantitative estimate of drug-likeness (QED) is 0.794. The molecule has 0 N–H and O–H groups in total. The Morgan fingerprint density at radius 1 is 1.50 bits per heavy atom. The number of aromatic nitrogens is 4. The van der Waals surface area contributed by atoms with Gasteiger partial charge in [-0.2, -0.15) is 14.6 Å². The van der Waals surface area contributed by atoms with Crippen LogP contribution in [0.2, 0.25) is 0 Å². The lowest BCUT2D eigenvalue weighted by Crippen LogP contribution is -2.46. The van der Waals surface area contributed by atoms with Gasteiger partial charge in [0.2, 0.25) is 0 Å². The highest BCUT2D eigenvalue weighted by Gasteiger charge is 2.24. The van der Waals surface area contributed by atoms with Gasteiger partial charge in [0.05, 0.1) is 19.3 Å². The number of hydrogen-bond donors (Lipinski definition) is 0. The highest BCUT2D eigenvalue weighted by atomic mass is 16.5. The Balaban J connectivity index is 2.08. The van der Waals surface area contributed by atoms with Gasteiger partial charge in [-0.25, -0.2) is 4.98 Å². The van der Waals surface area contributed by atoms with Gasteiger partial charge in [-0.15, -0.1) is 0 Å². The molecule has 0 aliphatic carbocycles. The zero-order valence-corrected chi connectivity index (χ0v) is 10.7. The van der Waals surface area contributed by atoms with Crippen molar-refractivity contribution in [3.8, 4) is 0 Å². The van der Waals surface area contributed by atoms with Crippen LogP contribution < -0.4 is 4.90 Å². The van der Waals surface area contributed by atoms with E-state index >= 15 is 0 Å². The van der Waals surface area contributed by atoms with Crippen molar-refractivity contribution in [3.63, 3.8) is 0 Å². The van der Waals surface area contributed by atoms with E-state index in [2.05, 4.69) is 33.0 Å². The first-order valence-electron chi connectivity index (χ1n) is 6.31. The number of ether oxygens (including phenoxy) is 1. The van der Waals surface area contributed by atoms with Crippen molar-refractivity contribution in [3.05, 3.63) is 18.1 Å². The molecular formula is C12H17N5O. The van der Waals surface area contributed by atoms with E-state index < -0.39 is 0 Å². The third-order valence-corrected chi connectivity index (χ3v) is 3.35. The molecule has 1 fully saturated rings. The molecular weight excluding hydrogens is 230 g/mol. The standard InChI is InChI=1S/C12H17N5O/c1-3-10-7-18-5-4-16(10)11-6-9(2)15-12-13-8-14-17(11)12/h6,8,10H,3-5,7H2,1-2H3. The molecule has 0 radical (unpaired) electrons. The molecule has 96 valence electrons. The predicted molar refractivity (Wildman–Crippen MR) is 67.8 cm³/mol. The number of anilines is 1. The summed E-state index contributed by atoms with van der Waals surface area (Å²) >= 11 is 0. The number of nitrogens with zero attached hydrogens (tertiary/aromatic N) is 5. The lowest BCUT2D eigenvalue weighted by Gasteiger charge is -2.36. The van der Waals surface area contributed by atoms with Crippen LogP contribution in [0, 0.1) is 6.92 Å². The first-order chi connectivity index (χ1) is 8.79. The predicted octanol–water partition coefficient (Wildman–Crippen LogP) is 1.05. The Hall–Kier alpha value is -1.69. The van der Waals surface area contributed by atoms with E-state index in [1.807, 2.05) is 6.92 Å². The summed E-state index contributed by atoms with van der Waals surface area (Å²) in [6, 6.07) is 2.46. The van der Waals surface area contributed by atoms with Crippen LogP contribution in [0.15, 0.2) is 12.4 Å². The van der Waals surface area contributed by atoms with Crippen molar-refractivity contribution in [1.29, 1.82) is 0 Å². The summed E-state index contributed by atoms with van der Waals surface area (Å²) in [6.45, 7) is 6.58. The van der Waals surface area contributed by atoms with Crippen molar-refractivity contribution in [2.75, 3.05) is 24.7 Å². The van der Waals surface area contributed by atoms with Gasteiger partial charge >= 0.3 is 0 Å². The lowest BCUT2D eigenvalue weighted by atomic mass is 10.2. The van der Waals surface area contributed by atoms with Gasteiger partial charge in [-0.1, -0.05) is 6.92 Å². The van der Waals surface area contributed by atoms with Crippen molar-refractivity contribution in [1.82, 2.24) is 19.6 Å². The molecule has 1 saturated heterocycles. The summed E-state index contributed by atoms with van der Waals surface area (Å²) in [6.07, 6.45) is 2.60. The minimum Gasteiger partial charge on any atom is -0.377 e. The molecule has 0 saturated carbocycles. The number of fused-ring (bicyclic) bond motifs is 1. The topological polar surface area (TPSA) is 55.5 Å². The Morgan fingerprint density at radius 2 is 2.39 bits per heavy atom. The average Bonchev–Trinajstić information content (AvgIpc) is 2.85. The first-order valence-corrected chi connectivity index (χ1v) is 6.31. The second-order valence-electron chi connectivity index (χ2n) is 4.56. The van der Waals surface area contributed by atoms with Crippen LogP contribution in [0.5, 0.6) is 0 Å². The largest absolute Gasteiger partial charge is 0.377 e. The molecule has 0 aromatic carbocycles. The Kier molecular flexibility index (Phi) is 2.87. The van der Waals surface area contributed by atoms with Crippen LogP contribution in [0.4, 0.5) is 5.82 Å². The van der Waals surface area contributed by atoms with Gasteiger partial charge in [-0.3, -0.25) is 0 Å². The number of morpholine rings is 1. The van der Waals surface area contributed by atoms with E-state index in [1.54, 1.807) is 10.8 Å². The molecule has 2 aromatic rings. The van der Waals surface area contributed by atoms with Gasteiger partial charge in [0.15, 0.2) is 0 Å². The molecule has 0 spiro atoms. The van der Waals surface area contributed by atoms with Gasteiger partial charge in [0.25, 0.3) is 5.78 Å². The molecule has 2 aromatic heterocycles. The molecule has 0 bridgehead atoms. The molecule has 1 unspecified atom stereocenters. The molecule has 6 heteroatoms. The number of aryl methyl sites for hydroxylation is 1. The Morgan fingerprint density at radius 3 is 3.22 bits per heavy atom. The molecule has 3 rings (SSSR count). The van der Waals surface area contributed by atoms with Gasteiger partial charge in [0.1, 0.15) is 12.1 Å².